The van der Waals surface area contributed by atoms with Gasteiger partial charge in [-0.2, -0.15) is 11.8 Å². The fourth-order valence-electron chi connectivity index (χ4n) is 1.36. The third-order valence-electron chi connectivity index (χ3n) is 2.02. The number of rotatable bonds is 7. The Morgan fingerprint density at radius 3 is 2.65 bits per heavy atom. The fraction of sp³-hybridized carbons (Fsp3) is 0.455. The monoisotopic (exact) mass is 274 g/mol. The Kier molecular flexibility index (Phi) is 5.64. The Balaban J connectivity index is 2.54. The summed E-state index contributed by atoms with van der Waals surface area (Å²) in [6.07, 6.45) is 4.31. The van der Waals surface area contributed by atoms with Crippen LogP contribution < -0.4 is 10.0 Å². The van der Waals surface area contributed by atoms with Crippen LogP contribution in [0.2, 0.25) is 0 Å². The molecule has 0 heterocycles. The fourth-order valence-corrected chi connectivity index (χ4v) is 2.34. The van der Waals surface area contributed by atoms with E-state index in [1.165, 1.54) is 0 Å². The Hall–Kier alpha value is -0.880. The molecule has 4 nitrogen and oxygen atoms in total. The minimum absolute atomic E-state index is 0.586. The Bertz CT molecular complexity index is 447. The van der Waals surface area contributed by atoms with Crippen LogP contribution in [-0.2, 0) is 10.0 Å². The minimum Gasteiger partial charge on any atom is -0.385 e. The average Bonchev–Trinajstić information content (AvgIpc) is 2.23. The molecule has 0 saturated carbocycles. The van der Waals surface area contributed by atoms with Gasteiger partial charge in [0.25, 0.3) is 0 Å². The van der Waals surface area contributed by atoms with Crippen molar-refractivity contribution in [3.05, 3.63) is 24.3 Å². The highest BCUT2D eigenvalue weighted by molar-refractivity contribution is 7.98. The Labute approximate surface area is 107 Å². The van der Waals surface area contributed by atoms with Gasteiger partial charge in [0.2, 0.25) is 10.0 Å². The lowest BCUT2D eigenvalue weighted by Crippen LogP contribution is -2.10. The summed E-state index contributed by atoms with van der Waals surface area (Å²) in [5.74, 6) is 1.12. The van der Waals surface area contributed by atoms with Crippen LogP contribution in [0, 0.1) is 0 Å². The second-order valence-electron chi connectivity index (χ2n) is 3.73. The van der Waals surface area contributed by atoms with E-state index in [2.05, 4.69) is 16.3 Å². The van der Waals surface area contributed by atoms with Crippen LogP contribution in [0.5, 0.6) is 0 Å². The third-order valence-corrected chi connectivity index (χ3v) is 3.32. The van der Waals surface area contributed by atoms with E-state index in [0.29, 0.717) is 5.69 Å². The summed E-state index contributed by atoms with van der Waals surface area (Å²) >= 11 is 1.82. The van der Waals surface area contributed by atoms with Crippen molar-refractivity contribution in [3.8, 4) is 0 Å². The highest BCUT2D eigenvalue weighted by Crippen LogP contribution is 2.16. The van der Waals surface area contributed by atoms with Gasteiger partial charge in [-0.05, 0) is 36.6 Å². The summed E-state index contributed by atoms with van der Waals surface area (Å²) in [7, 11) is -3.20. The van der Waals surface area contributed by atoms with Gasteiger partial charge in [0.05, 0.1) is 11.9 Å². The molecule has 0 saturated heterocycles. The van der Waals surface area contributed by atoms with E-state index in [9.17, 15) is 8.42 Å². The lowest BCUT2D eigenvalue weighted by molar-refractivity contribution is 0.607. The van der Waals surface area contributed by atoms with Crippen molar-refractivity contribution in [2.24, 2.45) is 0 Å². The van der Waals surface area contributed by atoms with Gasteiger partial charge in [-0.25, -0.2) is 8.42 Å². The van der Waals surface area contributed by atoms with E-state index in [1.807, 2.05) is 23.9 Å². The van der Waals surface area contributed by atoms with E-state index >= 15 is 0 Å². The number of hydrogen-bond acceptors (Lipinski definition) is 4. The number of hydrogen-bond donors (Lipinski definition) is 2. The molecule has 6 heteroatoms. The maximum Gasteiger partial charge on any atom is 0.229 e. The number of thioether (sulfide) groups is 1. The van der Waals surface area contributed by atoms with Gasteiger partial charge in [0.1, 0.15) is 0 Å². The topological polar surface area (TPSA) is 58.2 Å². The van der Waals surface area contributed by atoms with Crippen LogP contribution in [0.4, 0.5) is 11.4 Å². The molecular formula is C11H18N2O2S2. The molecule has 0 aliphatic carbocycles. The van der Waals surface area contributed by atoms with Gasteiger partial charge >= 0.3 is 0 Å². The molecule has 0 radical (unpaired) electrons. The summed E-state index contributed by atoms with van der Waals surface area (Å²) in [6.45, 7) is 0.892. The zero-order chi connectivity index (χ0) is 12.7. The van der Waals surface area contributed by atoms with E-state index in [1.54, 1.807) is 12.1 Å². The minimum atomic E-state index is -3.20. The van der Waals surface area contributed by atoms with Crippen LogP contribution in [0.25, 0.3) is 0 Å². The molecule has 1 rings (SSSR count). The second kappa shape index (κ2) is 6.76. The number of benzene rings is 1. The van der Waals surface area contributed by atoms with Crippen molar-refractivity contribution in [2.75, 3.05) is 34.8 Å². The van der Waals surface area contributed by atoms with Gasteiger partial charge in [-0.15, -0.1) is 0 Å². The molecule has 17 heavy (non-hydrogen) atoms. The van der Waals surface area contributed by atoms with Gasteiger partial charge in [0.15, 0.2) is 0 Å². The maximum absolute atomic E-state index is 11.1. The Morgan fingerprint density at radius 1 is 1.29 bits per heavy atom. The van der Waals surface area contributed by atoms with Crippen LogP contribution in [0.3, 0.4) is 0 Å². The highest BCUT2D eigenvalue weighted by Gasteiger charge is 2.01. The van der Waals surface area contributed by atoms with E-state index in [0.717, 1.165) is 30.7 Å². The molecular weight excluding hydrogens is 256 g/mol. The molecule has 0 spiro atoms. The van der Waals surface area contributed by atoms with E-state index in [4.69, 9.17) is 0 Å². The normalized spacial score (nSPS) is 11.2. The van der Waals surface area contributed by atoms with Crippen LogP contribution in [-0.4, -0.2) is 33.2 Å². The lowest BCUT2D eigenvalue weighted by atomic mass is 10.3. The summed E-state index contributed by atoms with van der Waals surface area (Å²) in [5.41, 5.74) is 1.52. The molecule has 0 unspecified atom stereocenters. The van der Waals surface area contributed by atoms with Crippen LogP contribution >= 0.6 is 11.8 Å². The van der Waals surface area contributed by atoms with Crippen molar-refractivity contribution in [1.82, 2.24) is 0 Å². The van der Waals surface area contributed by atoms with Crippen molar-refractivity contribution in [3.63, 3.8) is 0 Å². The van der Waals surface area contributed by atoms with Gasteiger partial charge in [-0.3, -0.25) is 4.72 Å². The first-order chi connectivity index (χ1) is 8.01. The smallest absolute Gasteiger partial charge is 0.229 e. The quantitative estimate of drug-likeness (QED) is 0.749. The van der Waals surface area contributed by atoms with Crippen LogP contribution in [0.15, 0.2) is 24.3 Å². The van der Waals surface area contributed by atoms with Gasteiger partial charge < -0.3 is 5.32 Å². The van der Waals surface area contributed by atoms with E-state index < -0.39 is 10.0 Å². The molecule has 0 fully saturated rings. The zero-order valence-electron chi connectivity index (χ0n) is 10.1. The molecule has 0 aliphatic heterocycles. The van der Waals surface area contributed by atoms with Crippen molar-refractivity contribution in [2.45, 2.75) is 6.42 Å². The molecule has 96 valence electrons. The van der Waals surface area contributed by atoms with Crippen molar-refractivity contribution >= 4 is 33.2 Å². The first-order valence-corrected chi connectivity index (χ1v) is 8.60. The molecule has 1 aromatic carbocycles. The van der Waals surface area contributed by atoms with Crippen molar-refractivity contribution in [1.29, 1.82) is 0 Å². The summed E-state index contributed by atoms with van der Waals surface area (Å²) in [6, 6.07) is 7.27. The average molecular weight is 274 g/mol. The van der Waals surface area contributed by atoms with Gasteiger partial charge in [-0.1, -0.05) is 6.07 Å². The third kappa shape index (κ3) is 6.43. The number of nitrogens with one attached hydrogen (secondary N) is 2. The molecule has 0 aliphatic rings. The van der Waals surface area contributed by atoms with E-state index in [-0.39, 0.29) is 0 Å². The first-order valence-electron chi connectivity index (χ1n) is 5.32. The largest absolute Gasteiger partial charge is 0.385 e. The van der Waals surface area contributed by atoms with Gasteiger partial charge in [0, 0.05) is 12.2 Å². The second-order valence-corrected chi connectivity index (χ2v) is 6.46. The highest BCUT2D eigenvalue weighted by atomic mass is 32.2. The maximum atomic E-state index is 11.1. The predicted molar refractivity (Wildman–Crippen MR) is 76.4 cm³/mol. The molecule has 0 amide bonds. The Morgan fingerprint density at radius 2 is 2.00 bits per heavy atom. The summed E-state index contributed by atoms with van der Waals surface area (Å²) < 4.78 is 24.6. The SMILES string of the molecule is CSCCCNc1cccc(NS(C)(=O)=O)c1. The summed E-state index contributed by atoms with van der Waals surface area (Å²) in [4.78, 5) is 0. The lowest BCUT2D eigenvalue weighted by Gasteiger charge is -2.08. The zero-order valence-corrected chi connectivity index (χ0v) is 11.7. The summed E-state index contributed by atoms with van der Waals surface area (Å²) in [5, 5.41) is 3.26. The molecule has 0 atom stereocenters. The number of sulfonamides is 1. The van der Waals surface area contributed by atoms with Crippen molar-refractivity contribution < 1.29 is 8.42 Å². The molecule has 0 aromatic heterocycles. The predicted octanol–water partition coefficient (Wildman–Crippen LogP) is 2.22. The van der Waals surface area contributed by atoms with Crippen LogP contribution in [0.1, 0.15) is 6.42 Å². The molecule has 2 N–H and O–H groups in total. The number of anilines is 2. The molecule has 1 aromatic rings. The molecule has 0 bridgehead atoms. The standard InChI is InChI=1S/C11H18N2O2S2/c1-16-8-4-7-12-10-5-3-6-11(9-10)13-17(2,14)15/h3,5-6,9,12-13H,4,7-8H2,1-2H3. The first kappa shape index (κ1) is 14.2.